The van der Waals surface area contributed by atoms with Gasteiger partial charge in [0.1, 0.15) is 22.3 Å². The summed E-state index contributed by atoms with van der Waals surface area (Å²) in [5, 5.41) is 11.9. The van der Waals surface area contributed by atoms with Crippen LogP contribution in [0, 0.1) is 0 Å². The summed E-state index contributed by atoms with van der Waals surface area (Å²) in [6, 6.07) is 61.1. The molecule has 0 spiro atoms. The van der Waals surface area contributed by atoms with E-state index in [0.717, 1.165) is 49.4 Å². The maximum absolute atomic E-state index is 6.39. The van der Waals surface area contributed by atoms with Gasteiger partial charge in [0, 0.05) is 27.6 Å². The van der Waals surface area contributed by atoms with Crippen LogP contribution in [0.4, 0.5) is 0 Å². The van der Waals surface area contributed by atoms with Crippen molar-refractivity contribution in [3.05, 3.63) is 170 Å². The zero-order valence-electron chi connectivity index (χ0n) is 27.0. The Labute approximate surface area is 287 Å². The molecule has 2 heterocycles. The highest BCUT2D eigenvalue weighted by molar-refractivity contribution is 6.24. The fourth-order valence-electron chi connectivity index (χ4n) is 8.19. The summed E-state index contributed by atoms with van der Waals surface area (Å²) in [5.41, 5.74) is 10.8. The second-order valence-electron chi connectivity index (χ2n) is 13.2. The van der Waals surface area contributed by atoms with Gasteiger partial charge in [-0.25, -0.2) is 0 Å². The van der Waals surface area contributed by atoms with Crippen LogP contribution in [0.15, 0.2) is 179 Å². The fraction of sp³-hybridized carbons (Fsp3) is 0. The van der Waals surface area contributed by atoms with Gasteiger partial charge in [-0.2, -0.15) is 0 Å². The quantitative estimate of drug-likeness (QED) is 0.180. The molecule has 0 radical (unpaired) electrons. The van der Waals surface area contributed by atoms with E-state index >= 15 is 0 Å². The summed E-state index contributed by atoms with van der Waals surface area (Å²) in [6.45, 7) is 0. The molecule has 50 heavy (non-hydrogen) atoms. The van der Waals surface area contributed by atoms with Crippen molar-refractivity contribution in [1.82, 2.24) is 0 Å². The van der Waals surface area contributed by atoms with Crippen molar-refractivity contribution >= 4 is 76.2 Å². The van der Waals surface area contributed by atoms with Gasteiger partial charge in [0.05, 0.1) is 0 Å². The van der Waals surface area contributed by atoms with Crippen LogP contribution in [0.3, 0.4) is 0 Å². The lowest BCUT2D eigenvalue weighted by Gasteiger charge is -2.19. The van der Waals surface area contributed by atoms with Gasteiger partial charge in [-0.1, -0.05) is 127 Å². The molecule has 0 saturated carbocycles. The van der Waals surface area contributed by atoms with Crippen LogP contribution in [0.1, 0.15) is 0 Å². The molecule has 0 aliphatic rings. The zero-order chi connectivity index (χ0) is 32.8. The zero-order valence-corrected chi connectivity index (χ0v) is 27.0. The number of rotatable bonds is 3. The minimum absolute atomic E-state index is 0.833. The Kier molecular flexibility index (Phi) is 5.70. The van der Waals surface area contributed by atoms with E-state index in [1.807, 2.05) is 18.2 Å². The summed E-state index contributed by atoms with van der Waals surface area (Å²) < 4.78 is 12.6. The molecule has 0 unspecified atom stereocenters. The average Bonchev–Trinajstić information content (AvgIpc) is 3.72. The Hall–Kier alpha value is -6.64. The van der Waals surface area contributed by atoms with Gasteiger partial charge in [-0.15, -0.1) is 0 Å². The molecule has 11 aromatic rings. The van der Waals surface area contributed by atoms with Crippen LogP contribution < -0.4 is 0 Å². The van der Waals surface area contributed by atoms with Crippen molar-refractivity contribution in [3.8, 4) is 33.4 Å². The number of hydrogen-bond donors (Lipinski definition) is 0. The number of hydrogen-bond acceptors (Lipinski definition) is 2. The lowest BCUT2D eigenvalue weighted by Crippen LogP contribution is -1.92. The lowest BCUT2D eigenvalue weighted by molar-refractivity contribution is 0.656. The van der Waals surface area contributed by atoms with Gasteiger partial charge >= 0.3 is 0 Å². The molecule has 9 aromatic carbocycles. The Morgan fingerprint density at radius 2 is 0.800 bits per heavy atom. The minimum Gasteiger partial charge on any atom is -0.456 e. The van der Waals surface area contributed by atoms with Gasteiger partial charge in [0.15, 0.2) is 0 Å². The van der Waals surface area contributed by atoms with Crippen LogP contribution in [0.25, 0.3) is 110 Å². The Morgan fingerprint density at radius 3 is 1.52 bits per heavy atom. The number of benzene rings is 9. The molecule has 0 saturated heterocycles. The number of para-hydroxylation sites is 1. The van der Waals surface area contributed by atoms with Crippen LogP contribution in [0.2, 0.25) is 0 Å². The summed E-state index contributed by atoms with van der Waals surface area (Å²) in [6.07, 6.45) is 0. The first-order chi connectivity index (χ1) is 24.8. The monoisotopic (exact) mass is 636 g/mol. The Bertz CT molecular complexity index is 3080. The first kappa shape index (κ1) is 27.3. The SMILES string of the molecule is c1ccc(-c2c3ccccc3c(-c3cc(-c4ccc5oc6cc7oc8ccccc8c7cc6c5c4)cc4ccccc34)c3ccccc23)cc1. The number of fused-ring (bicyclic) bond motifs is 9. The maximum atomic E-state index is 6.39. The van der Waals surface area contributed by atoms with Gasteiger partial charge in [-0.05, 0) is 102 Å². The molecule has 2 aromatic heterocycles. The van der Waals surface area contributed by atoms with E-state index in [2.05, 4.69) is 152 Å². The summed E-state index contributed by atoms with van der Waals surface area (Å²) in [7, 11) is 0. The highest BCUT2D eigenvalue weighted by Gasteiger charge is 2.19. The predicted octanol–water partition coefficient (Wildman–Crippen LogP) is 13.9. The molecule has 0 aliphatic heterocycles. The van der Waals surface area contributed by atoms with E-state index in [1.54, 1.807) is 0 Å². The maximum Gasteiger partial charge on any atom is 0.139 e. The third kappa shape index (κ3) is 3.96. The first-order valence-corrected chi connectivity index (χ1v) is 17.1. The molecule has 0 aliphatic carbocycles. The standard InChI is InChI=1S/C48H28O2/c1-2-12-29(13-3-1)47-35-17-6-8-19-37(35)48(38-20-9-7-18-36(38)47)42-26-32(24-31-14-4-5-15-33(31)42)30-22-23-44-39(25-30)41-27-40-34-16-10-11-21-43(34)49-45(40)28-46(41)50-44/h1-28H. The molecule has 2 heteroatoms. The molecular weight excluding hydrogens is 609 g/mol. The van der Waals surface area contributed by atoms with Crippen molar-refractivity contribution in [2.24, 2.45) is 0 Å². The van der Waals surface area contributed by atoms with Crippen LogP contribution in [-0.4, -0.2) is 0 Å². The van der Waals surface area contributed by atoms with Crippen molar-refractivity contribution in [2.75, 3.05) is 0 Å². The minimum atomic E-state index is 0.833. The van der Waals surface area contributed by atoms with Gasteiger partial charge in [0.2, 0.25) is 0 Å². The lowest BCUT2D eigenvalue weighted by atomic mass is 9.84. The topological polar surface area (TPSA) is 26.3 Å². The first-order valence-electron chi connectivity index (χ1n) is 17.1. The fourth-order valence-corrected chi connectivity index (χ4v) is 8.19. The van der Waals surface area contributed by atoms with Crippen LogP contribution in [0.5, 0.6) is 0 Å². The van der Waals surface area contributed by atoms with E-state index in [4.69, 9.17) is 8.83 Å². The van der Waals surface area contributed by atoms with Crippen molar-refractivity contribution in [3.63, 3.8) is 0 Å². The Morgan fingerprint density at radius 1 is 0.260 bits per heavy atom. The van der Waals surface area contributed by atoms with E-state index in [0.29, 0.717) is 0 Å². The number of furan rings is 2. The third-order valence-corrected chi connectivity index (χ3v) is 10.4. The predicted molar refractivity (Wildman–Crippen MR) is 210 cm³/mol. The van der Waals surface area contributed by atoms with Gasteiger partial charge < -0.3 is 8.83 Å². The van der Waals surface area contributed by atoms with E-state index in [-0.39, 0.29) is 0 Å². The van der Waals surface area contributed by atoms with E-state index in [9.17, 15) is 0 Å². The smallest absolute Gasteiger partial charge is 0.139 e. The summed E-state index contributed by atoms with van der Waals surface area (Å²) in [4.78, 5) is 0. The van der Waals surface area contributed by atoms with Gasteiger partial charge in [-0.3, -0.25) is 0 Å². The Balaban J connectivity index is 1.19. The highest BCUT2D eigenvalue weighted by Crippen LogP contribution is 2.47. The van der Waals surface area contributed by atoms with Crippen molar-refractivity contribution in [2.45, 2.75) is 0 Å². The van der Waals surface area contributed by atoms with Crippen molar-refractivity contribution < 1.29 is 8.83 Å². The molecule has 0 bridgehead atoms. The van der Waals surface area contributed by atoms with Crippen LogP contribution in [-0.2, 0) is 0 Å². The van der Waals surface area contributed by atoms with E-state index < -0.39 is 0 Å². The van der Waals surface area contributed by atoms with Gasteiger partial charge in [0.25, 0.3) is 0 Å². The average molecular weight is 637 g/mol. The third-order valence-electron chi connectivity index (χ3n) is 10.4. The molecule has 11 rings (SSSR count). The molecule has 0 atom stereocenters. The molecule has 0 N–H and O–H groups in total. The summed E-state index contributed by atoms with van der Waals surface area (Å²) >= 11 is 0. The molecule has 0 amide bonds. The van der Waals surface area contributed by atoms with Crippen molar-refractivity contribution in [1.29, 1.82) is 0 Å². The second kappa shape index (κ2) is 10.4. The highest BCUT2D eigenvalue weighted by atomic mass is 16.3. The molecule has 0 fully saturated rings. The van der Waals surface area contributed by atoms with Crippen LogP contribution >= 0.6 is 0 Å². The molecule has 2 nitrogen and oxygen atoms in total. The normalized spacial score (nSPS) is 12.0. The second-order valence-corrected chi connectivity index (χ2v) is 13.2. The molecular formula is C48H28O2. The van der Waals surface area contributed by atoms with E-state index in [1.165, 1.54) is 60.1 Å². The summed E-state index contributed by atoms with van der Waals surface area (Å²) in [5.74, 6) is 0. The largest absolute Gasteiger partial charge is 0.456 e. The molecule has 232 valence electrons.